The molecule has 2 heterocycles. The predicted octanol–water partition coefficient (Wildman–Crippen LogP) is 0.995. The third kappa shape index (κ3) is 2.47. The van der Waals surface area contributed by atoms with E-state index >= 15 is 0 Å². The van der Waals surface area contributed by atoms with Crippen LogP contribution < -0.4 is 5.32 Å². The maximum Gasteiger partial charge on any atom is 0.331 e. The number of hydrogen-bond acceptors (Lipinski definition) is 4. The topological polar surface area (TPSA) is 79.4 Å². The summed E-state index contributed by atoms with van der Waals surface area (Å²) in [5, 5.41) is 2.21. The lowest BCUT2D eigenvalue weighted by Gasteiger charge is -2.29. The van der Waals surface area contributed by atoms with Crippen LogP contribution in [-0.4, -0.2) is 27.7 Å². The summed E-state index contributed by atoms with van der Waals surface area (Å²) in [5.41, 5.74) is 1.73. The fourth-order valence-corrected chi connectivity index (χ4v) is 2.00. The van der Waals surface area contributed by atoms with Crippen LogP contribution in [0.25, 0.3) is 0 Å². The monoisotopic (exact) mass is 261 g/mol. The number of carbonyl (C=O) groups is 3. The molecule has 1 atom stereocenters. The summed E-state index contributed by atoms with van der Waals surface area (Å²) in [6.07, 6.45) is 3.64. The van der Waals surface area contributed by atoms with Crippen LogP contribution in [0.2, 0.25) is 0 Å². The minimum atomic E-state index is -0.783. The lowest BCUT2D eigenvalue weighted by molar-refractivity contribution is -0.143. The smallest absolute Gasteiger partial charge is 0.277 e. The Labute approximate surface area is 110 Å². The number of nitrogens with zero attached hydrogens (tertiary/aromatic N) is 2. The van der Waals surface area contributed by atoms with Crippen molar-refractivity contribution in [2.24, 2.45) is 5.92 Å². The van der Waals surface area contributed by atoms with Crippen molar-refractivity contribution in [1.82, 2.24) is 15.2 Å². The molecule has 0 saturated carbocycles. The Kier molecular flexibility index (Phi) is 3.59. The molecule has 6 nitrogen and oxygen atoms in total. The zero-order chi connectivity index (χ0) is 14.0. The first-order chi connectivity index (χ1) is 9.04. The van der Waals surface area contributed by atoms with Gasteiger partial charge in [0.2, 0.25) is 11.8 Å². The van der Waals surface area contributed by atoms with Crippen molar-refractivity contribution in [3.8, 4) is 0 Å². The number of aromatic nitrogens is 1. The molecule has 0 radical (unpaired) electrons. The Morgan fingerprint density at radius 3 is 2.74 bits per heavy atom. The number of amides is 4. The number of rotatable bonds is 3. The zero-order valence-electron chi connectivity index (χ0n) is 10.8. The van der Waals surface area contributed by atoms with E-state index in [9.17, 15) is 14.4 Å². The van der Waals surface area contributed by atoms with Crippen molar-refractivity contribution in [3.05, 3.63) is 29.6 Å². The van der Waals surface area contributed by atoms with E-state index < -0.39 is 23.8 Å². The van der Waals surface area contributed by atoms with Gasteiger partial charge >= 0.3 is 6.03 Å². The Balaban J connectivity index is 2.24. The van der Waals surface area contributed by atoms with Crippen LogP contribution in [-0.2, 0) is 16.1 Å². The summed E-state index contributed by atoms with van der Waals surface area (Å²) in [6, 6.07) is 1.15. The van der Waals surface area contributed by atoms with E-state index in [2.05, 4.69) is 10.3 Å². The number of imide groups is 2. The van der Waals surface area contributed by atoms with E-state index in [1.54, 1.807) is 19.3 Å². The molecule has 1 saturated heterocycles. The zero-order valence-corrected chi connectivity index (χ0v) is 10.8. The van der Waals surface area contributed by atoms with Crippen LogP contribution in [0.1, 0.15) is 24.5 Å². The fourth-order valence-electron chi connectivity index (χ4n) is 2.00. The highest BCUT2D eigenvalue weighted by Crippen LogP contribution is 2.17. The number of pyridine rings is 1. The van der Waals surface area contributed by atoms with Gasteiger partial charge in [-0.15, -0.1) is 0 Å². The van der Waals surface area contributed by atoms with Gasteiger partial charge in [-0.05, 0) is 30.5 Å². The first kappa shape index (κ1) is 13.2. The van der Waals surface area contributed by atoms with Crippen molar-refractivity contribution in [2.45, 2.75) is 26.8 Å². The Bertz CT molecular complexity index is 542. The molecule has 1 aliphatic rings. The fraction of sp³-hybridized carbons (Fsp3) is 0.385. The molecule has 100 valence electrons. The molecule has 1 N–H and O–H groups in total. The molecule has 4 amide bonds. The van der Waals surface area contributed by atoms with Gasteiger partial charge in [-0.3, -0.25) is 24.8 Å². The highest BCUT2D eigenvalue weighted by molar-refractivity contribution is 6.16. The Morgan fingerprint density at radius 2 is 2.11 bits per heavy atom. The molecule has 1 unspecified atom stereocenters. The van der Waals surface area contributed by atoms with Crippen molar-refractivity contribution < 1.29 is 14.4 Å². The van der Waals surface area contributed by atoms with E-state index in [1.807, 2.05) is 13.0 Å². The van der Waals surface area contributed by atoms with Crippen LogP contribution in [0, 0.1) is 12.8 Å². The molecule has 1 aromatic heterocycles. The van der Waals surface area contributed by atoms with Gasteiger partial charge in [-0.2, -0.15) is 0 Å². The SMILES string of the molecule is CCC1C(=O)NC(=O)N(Cc2cnccc2C)C1=O. The number of carbonyl (C=O) groups excluding carboxylic acids is 3. The van der Waals surface area contributed by atoms with Gasteiger partial charge in [0.25, 0.3) is 0 Å². The lowest BCUT2D eigenvalue weighted by Crippen LogP contribution is -2.57. The van der Waals surface area contributed by atoms with Crippen molar-refractivity contribution in [1.29, 1.82) is 0 Å². The highest BCUT2D eigenvalue weighted by Gasteiger charge is 2.39. The number of hydrogen-bond donors (Lipinski definition) is 1. The molecular formula is C13H15N3O3. The van der Waals surface area contributed by atoms with Crippen LogP contribution in [0.5, 0.6) is 0 Å². The van der Waals surface area contributed by atoms with Crippen LogP contribution in [0.15, 0.2) is 18.5 Å². The molecule has 0 spiro atoms. The largest absolute Gasteiger partial charge is 0.331 e. The first-order valence-electron chi connectivity index (χ1n) is 6.10. The van der Waals surface area contributed by atoms with Crippen LogP contribution in [0.3, 0.4) is 0 Å². The minimum absolute atomic E-state index is 0.133. The third-order valence-electron chi connectivity index (χ3n) is 3.24. The average Bonchev–Trinajstić information content (AvgIpc) is 2.36. The van der Waals surface area contributed by atoms with E-state index in [0.29, 0.717) is 6.42 Å². The van der Waals surface area contributed by atoms with Gasteiger partial charge in [0.1, 0.15) is 5.92 Å². The molecule has 0 bridgehead atoms. The lowest BCUT2D eigenvalue weighted by atomic mass is 10.0. The second-order valence-corrected chi connectivity index (χ2v) is 4.48. The third-order valence-corrected chi connectivity index (χ3v) is 3.24. The summed E-state index contributed by atoms with van der Waals surface area (Å²) < 4.78 is 0. The van der Waals surface area contributed by atoms with E-state index in [4.69, 9.17) is 0 Å². The number of aryl methyl sites for hydroxylation is 1. The maximum atomic E-state index is 12.1. The molecule has 1 aromatic rings. The molecule has 2 rings (SSSR count). The number of urea groups is 1. The number of barbiturate groups is 1. The maximum absolute atomic E-state index is 12.1. The van der Waals surface area contributed by atoms with Gasteiger partial charge in [-0.1, -0.05) is 6.92 Å². The Hall–Kier alpha value is -2.24. The number of nitrogens with one attached hydrogen (secondary N) is 1. The van der Waals surface area contributed by atoms with E-state index in [0.717, 1.165) is 16.0 Å². The minimum Gasteiger partial charge on any atom is -0.277 e. The molecular weight excluding hydrogens is 246 g/mol. The molecule has 0 aromatic carbocycles. The molecule has 1 fully saturated rings. The molecule has 19 heavy (non-hydrogen) atoms. The second kappa shape index (κ2) is 5.17. The normalized spacial score (nSPS) is 19.6. The van der Waals surface area contributed by atoms with Crippen molar-refractivity contribution in [2.75, 3.05) is 0 Å². The summed E-state index contributed by atoms with van der Waals surface area (Å²) >= 11 is 0. The van der Waals surface area contributed by atoms with Crippen LogP contribution in [0.4, 0.5) is 4.79 Å². The predicted molar refractivity (Wildman–Crippen MR) is 66.8 cm³/mol. The summed E-state index contributed by atoms with van der Waals surface area (Å²) in [7, 11) is 0. The standard InChI is InChI=1S/C13H15N3O3/c1-3-10-11(17)15-13(19)16(12(10)18)7-9-6-14-5-4-8(9)2/h4-6,10H,3,7H2,1-2H3,(H,15,17,19). The van der Waals surface area contributed by atoms with Crippen LogP contribution >= 0.6 is 0 Å². The van der Waals surface area contributed by atoms with Gasteiger partial charge < -0.3 is 0 Å². The quantitative estimate of drug-likeness (QED) is 0.823. The molecule has 1 aliphatic heterocycles. The molecule has 6 heteroatoms. The first-order valence-corrected chi connectivity index (χ1v) is 6.10. The average molecular weight is 261 g/mol. The van der Waals surface area contributed by atoms with Crippen molar-refractivity contribution in [3.63, 3.8) is 0 Å². The van der Waals surface area contributed by atoms with Gasteiger partial charge in [0.05, 0.1) is 6.54 Å². The second-order valence-electron chi connectivity index (χ2n) is 4.48. The summed E-state index contributed by atoms with van der Waals surface area (Å²) in [6.45, 7) is 3.76. The summed E-state index contributed by atoms with van der Waals surface area (Å²) in [5.74, 6) is -1.74. The van der Waals surface area contributed by atoms with Gasteiger partial charge in [-0.25, -0.2) is 4.79 Å². The van der Waals surface area contributed by atoms with E-state index in [-0.39, 0.29) is 6.54 Å². The van der Waals surface area contributed by atoms with Crippen molar-refractivity contribution >= 4 is 17.8 Å². The summed E-state index contributed by atoms with van der Waals surface area (Å²) in [4.78, 5) is 40.4. The highest BCUT2D eigenvalue weighted by atomic mass is 16.2. The Morgan fingerprint density at radius 1 is 1.37 bits per heavy atom. The van der Waals surface area contributed by atoms with Gasteiger partial charge in [0, 0.05) is 12.4 Å². The molecule has 0 aliphatic carbocycles. The van der Waals surface area contributed by atoms with E-state index in [1.165, 1.54) is 0 Å². The van der Waals surface area contributed by atoms with Gasteiger partial charge in [0.15, 0.2) is 0 Å².